The van der Waals surface area contributed by atoms with Crippen LogP contribution in [-0.4, -0.2) is 38.4 Å². The number of hydrogen-bond donors (Lipinski definition) is 2. The predicted octanol–water partition coefficient (Wildman–Crippen LogP) is 1.36. The lowest BCUT2D eigenvalue weighted by molar-refractivity contribution is -0.118. The van der Waals surface area contributed by atoms with Gasteiger partial charge in [0.2, 0.25) is 5.91 Å². The Labute approximate surface area is 135 Å². The minimum atomic E-state index is -0.535. The van der Waals surface area contributed by atoms with E-state index in [2.05, 4.69) is 10.1 Å². The summed E-state index contributed by atoms with van der Waals surface area (Å²) in [6.45, 7) is 0.393. The lowest BCUT2D eigenvalue weighted by Gasteiger charge is -2.24. The van der Waals surface area contributed by atoms with Gasteiger partial charge in [0.15, 0.2) is 5.82 Å². The van der Waals surface area contributed by atoms with Gasteiger partial charge in [0.25, 0.3) is 0 Å². The second-order valence-electron chi connectivity index (χ2n) is 5.51. The van der Waals surface area contributed by atoms with Crippen molar-refractivity contribution < 1.29 is 9.90 Å². The average Bonchev–Trinajstić information content (AvgIpc) is 2.96. The molecule has 2 aromatic heterocycles. The van der Waals surface area contributed by atoms with Crippen LogP contribution in [0.15, 0.2) is 36.7 Å². The van der Waals surface area contributed by atoms with E-state index in [4.69, 9.17) is 5.73 Å². The van der Waals surface area contributed by atoms with Crippen LogP contribution < -0.4 is 10.6 Å². The Bertz CT molecular complexity index is 614. The standard InChI is InChI=1S/C16H23N5O2/c1-20-11-9-16(19-20)21(15-8-4-5-10-18-15)12-13(22)6-2-3-7-14(17)23/h4-5,8-11,13,22H,2-3,6-7,12H2,1H3,(H2,17,23). The smallest absolute Gasteiger partial charge is 0.217 e. The van der Waals surface area contributed by atoms with Gasteiger partial charge in [-0.15, -0.1) is 0 Å². The summed E-state index contributed by atoms with van der Waals surface area (Å²) in [5.41, 5.74) is 5.12. The Morgan fingerprint density at radius 3 is 2.78 bits per heavy atom. The van der Waals surface area contributed by atoms with Crippen LogP contribution in [0.5, 0.6) is 0 Å². The Balaban J connectivity index is 1.99. The number of aliphatic hydroxyl groups is 1. The van der Waals surface area contributed by atoms with Gasteiger partial charge in [-0.2, -0.15) is 5.10 Å². The molecule has 23 heavy (non-hydrogen) atoms. The molecule has 2 heterocycles. The minimum Gasteiger partial charge on any atom is -0.391 e. The third-order valence-corrected chi connectivity index (χ3v) is 3.51. The van der Waals surface area contributed by atoms with E-state index in [1.807, 2.05) is 42.4 Å². The van der Waals surface area contributed by atoms with Gasteiger partial charge in [-0.3, -0.25) is 9.48 Å². The number of hydrogen-bond acceptors (Lipinski definition) is 5. The van der Waals surface area contributed by atoms with Gasteiger partial charge >= 0.3 is 0 Å². The molecule has 0 aromatic carbocycles. The number of aliphatic hydroxyl groups excluding tert-OH is 1. The van der Waals surface area contributed by atoms with Crippen LogP contribution in [0, 0.1) is 0 Å². The van der Waals surface area contributed by atoms with Crippen LogP contribution >= 0.6 is 0 Å². The molecule has 0 saturated heterocycles. The molecule has 1 atom stereocenters. The third kappa shape index (κ3) is 5.37. The van der Waals surface area contributed by atoms with Crippen LogP contribution in [0.2, 0.25) is 0 Å². The van der Waals surface area contributed by atoms with Gasteiger partial charge in [-0.1, -0.05) is 12.5 Å². The maximum atomic E-state index is 10.7. The number of unbranched alkanes of at least 4 members (excludes halogenated alkanes) is 1. The molecular weight excluding hydrogens is 294 g/mol. The number of amides is 1. The van der Waals surface area contributed by atoms with E-state index in [9.17, 15) is 9.90 Å². The summed E-state index contributed by atoms with van der Waals surface area (Å²) in [4.78, 5) is 17.0. The quantitative estimate of drug-likeness (QED) is 0.681. The van der Waals surface area contributed by atoms with E-state index in [0.717, 1.165) is 18.1 Å². The highest BCUT2D eigenvalue weighted by atomic mass is 16.3. The van der Waals surface area contributed by atoms with Crippen LogP contribution in [0.3, 0.4) is 0 Å². The first kappa shape index (κ1) is 17.0. The van der Waals surface area contributed by atoms with Gasteiger partial charge in [0.05, 0.1) is 12.6 Å². The number of anilines is 2. The summed E-state index contributed by atoms with van der Waals surface area (Å²) >= 11 is 0. The Morgan fingerprint density at radius 2 is 2.17 bits per heavy atom. The average molecular weight is 317 g/mol. The SMILES string of the molecule is Cn1ccc(N(CC(O)CCCCC(N)=O)c2ccccn2)n1. The maximum absolute atomic E-state index is 10.7. The number of rotatable bonds is 9. The van der Waals surface area contributed by atoms with Crippen molar-refractivity contribution in [3.8, 4) is 0 Å². The highest BCUT2D eigenvalue weighted by molar-refractivity contribution is 5.73. The highest BCUT2D eigenvalue weighted by Crippen LogP contribution is 2.22. The second kappa shape index (κ2) is 8.28. The fraction of sp³-hybridized carbons (Fsp3) is 0.438. The lowest BCUT2D eigenvalue weighted by atomic mass is 10.1. The van der Waals surface area contributed by atoms with Gasteiger partial charge in [-0.05, 0) is 25.0 Å². The van der Waals surface area contributed by atoms with E-state index in [0.29, 0.717) is 25.8 Å². The van der Waals surface area contributed by atoms with Crippen LogP contribution in [0.1, 0.15) is 25.7 Å². The Kier molecular flexibility index (Phi) is 6.10. The Hall–Kier alpha value is -2.41. The zero-order chi connectivity index (χ0) is 16.7. The van der Waals surface area contributed by atoms with Crippen molar-refractivity contribution in [2.75, 3.05) is 11.4 Å². The molecule has 1 unspecified atom stereocenters. The van der Waals surface area contributed by atoms with Gasteiger partial charge in [-0.25, -0.2) is 4.98 Å². The number of carbonyl (C=O) groups is 1. The number of pyridine rings is 1. The van der Waals surface area contributed by atoms with E-state index in [-0.39, 0.29) is 5.91 Å². The summed E-state index contributed by atoms with van der Waals surface area (Å²) < 4.78 is 1.71. The van der Waals surface area contributed by atoms with Crippen LogP contribution in [0.4, 0.5) is 11.6 Å². The van der Waals surface area contributed by atoms with Gasteiger partial charge < -0.3 is 15.7 Å². The molecule has 0 bridgehead atoms. The third-order valence-electron chi connectivity index (χ3n) is 3.51. The molecule has 0 aliphatic rings. The topological polar surface area (TPSA) is 97.3 Å². The maximum Gasteiger partial charge on any atom is 0.217 e. The zero-order valence-corrected chi connectivity index (χ0v) is 13.3. The molecule has 0 spiro atoms. The number of carbonyl (C=O) groups excluding carboxylic acids is 1. The number of primary amides is 1. The van der Waals surface area contributed by atoms with Crippen LogP contribution in [0.25, 0.3) is 0 Å². The van der Waals surface area contributed by atoms with E-state index < -0.39 is 6.10 Å². The molecule has 0 radical (unpaired) electrons. The van der Waals surface area contributed by atoms with Crippen LogP contribution in [-0.2, 0) is 11.8 Å². The molecular formula is C16H23N5O2. The predicted molar refractivity (Wildman–Crippen MR) is 88.1 cm³/mol. The fourth-order valence-electron chi connectivity index (χ4n) is 2.35. The monoisotopic (exact) mass is 317 g/mol. The van der Waals surface area contributed by atoms with Crippen molar-refractivity contribution in [3.63, 3.8) is 0 Å². The molecule has 7 nitrogen and oxygen atoms in total. The molecule has 1 amide bonds. The summed E-state index contributed by atoms with van der Waals surface area (Å²) in [5.74, 6) is 1.17. The van der Waals surface area contributed by atoms with Crippen molar-refractivity contribution >= 4 is 17.5 Å². The van der Waals surface area contributed by atoms with Crippen molar-refractivity contribution in [1.82, 2.24) is 14.8 Å². The van der Waals surface area contributed by atoms with E-state index in [1.54, 1.807) is 10.9 Å². The minimum absolute atomic E-state index is 0.303. The summed E-state index contributed by atoms with van der Waals surface area (Å²) in [7, 11) is 1.85. The molecule has 3 N–H and O–H groups in total. The van der Waals surface area contributed by atoms with Crippen molar-refractivity contribution in [1.29, 1.82) is 0 Å². The molecule has 0 saturated carbocycles. The number of aryl methyl sites for hydroxylation is 1. The molecule has 124 valence electrons. The summed E-state index contributed by atoms with van der Waals surface area (Å²) in [6, 6.07) is 7.51. The van der Waals surface area contributed by atoms with Gasteiger partial charge in [0.1, 0.15) is 5.82 Å². The fourth-order valence-corrected chi connectivity index (χ4v) is 2.35. The molecule has 0 aliphatic carbocycles. The molecule has 7 heteroatoms. The first-order valence-corrected chi connectivity index (χ1v) is 7.71. The van der Waals surface area contributed by atoms with E-state index in [1.165, 1.54) is 0 Å². The van der Waals surface area contributed by atoms with E-state index >= 15 is 0 Å². The largest absolute Gasteiger partial charge is 0.391 e. The molecule has 2 rings (SSSR count). The lowest BCUT2D eigenvalue weighted by Crippen LogP contribution is -2.29. The van der Waals surface area contributed by atoms with Crippen molar-refractivity contribution in [3.05, 3.63) is 36.7 Å². The highest BCUT2D eigenvalue weighted by Gasteiger charge is 2.17. The number of aromatic nitrogens is 3. The first-order chi connectivity index (χ1) is 11.1. The first-order valence-electron chi connectivity index (χ1n) is 7.71. The van der Waals surface area contributed by atoms with Gasteiger partial charge in [0, 0.05) is 31.9 Å². The Morgan fingerprint density at radius 1 is 1.35 bits per heavy atom. The molecule has 2 aromatic rings. The molecule has 0 aliphatic heterocycles. The molecule has 0 fully saturated rings. The van der Waals surface area contributed by atoms with Crippen molar-refractivity contribution in [2.24, 2.45) is 12.8 Å². The van der Waals surface area contributed by atoms with Crippen molar-refractivity contribution in [2.45, 2.75) is 31.8 Å². The summed E-state index contributed by atoms with van der Waals surface area (Å²) in [6.07, 6.45) is 5.43. The zero-order valence-electron chi connectivity index (χ0n) is 13.3. The number of nitrogens with zero attached hydrogens (tertiary/aromatic N) is 4. The normalized spacial score (nSPS) is 12.1. The second-order valence-corrected chi connectivity index (χ2v) is 5.51. The summed E-state index contributed by atoms with van der Waals surface area (Å²) in [5, 5.41) is 14.7. The number of nitrogens with two attached hydrogens (primary N) is 1.